The minimum absolute atomic E-state index is 0.723. The highest BCUT2D eigenvalue weighted by atomic mass is 32.1. The van der Waals surface area contributed by atoms with E-state index in [0.717, 1.165) is 19.0 Å². The van der Waals surface area contributed by atoms with Gasteiger partial charge < -0.3 is 5.32 Å². The standard InChI is InChI=1S/C7H13NS/c1-6(9)7-2-4-8-5-3-7/h7-8H,2-5H2,1H3. The Balaban J connectivity index is 2.31. The zero-order valence-corrected chi connectivity index (χ0v) is 6.63. The number of hydrogen-bond donors (Lipinski definition) is 1. The van der Waals surface area contributed by atoms with Gasteiger partial charge in [-0.2, -0.15) is 0 Å². The van der Waals surface area contributed by atoms with E-state index in [1.807, 2.05) is 0 Å². The van der Waals surface area contributed by atoms with Gasteiger partial charge >= 0.3 is 0 Å². The maximum Gasteiger partial charge on any atom is -0.00429 e. The smallest absolute Gasteiger partial charge is 0.00429 e. The third-order valence-electron chi connectivity index (χ3n) is 1.91. The molecule has 0 aliphatic carbocycles. The first-order valence-electron chi connectivity index (χ1n) is 3.52. The van der Waals surface area contributed by atoms with Gasteiger partial charge in [-0.3, -0.25) is 0 Å². The van der Waals surface area contributed by atoms with Crippen molar-refractivity contribution in [1.82, 2.24) is 5.32 Å². The van der Waals surface area contributed by atoms with Crippen LogP contribution in [0.2, 0.25) is 0 Å². The predicted octanol–water partition coefficient (Wildman–Crippen LogP) is 1.38. The van der Waals surface area contributed by atoms with E-state index in [1.54, 1.807) is 0 Å². The van der Waals surface area contributed by atoms with E-state index in [0.29, 0.717) is 0 Å². The van der Waals surface area contributed by atoms with Crippen molar-refractivity contribution in [3.8, 4) is 0 Å². The van der Waals surface area contributed by atoms with Crippen molar-refractivity contribution in [2.75, 3.05) is 13.1 Å². The summed E-state index contributed by atoms with van der Waals surface area (Å²) in [6.45, 7) is 4.36. The molecule has 0 atom stereocenters. The summed E-state index contributed by atoms with van der Waals surface area (Å²) < 4.78 is 0. The Bertz CT molecular complexity index is 105. The van der Waals surface area contributed by atoms with Crippen LogP contribution in [0.15, 0.2) is 0 Å². The maximum atomic E-state index is 5.09. The SMILES string of the molecule is CC(=S)C1CCNCC1. The van der Waals surface area contributed by atoms with Crippen LogP contribution < -0.4 is 5.32 Å². The summed E-state index contributed by atoms with van der Waals surface area (Å²) in [5.74, 6) is 0.723. The van der Waals surface area contributed by atoms with Crippen molar-refractivity contribution in [3.63, 3.8) is 0 Å². The summed E-state index contributed by atoms with van der Waals surface area (Å²) in [5.41, 5.74) is 0. The van der Waals surface area contributed by atoms with Crippen molar-refractivity contribution in [2.24, 2.45) is 5.92 Å². The van der Waals surface area contributed by atoms with Gasteiger partial charge in [0.15, 0.2) is 0 Å². The van der Waals surface area contributed by atoms with Gasteiger partial charge in [0.2, 0.25) is 0 Å². The third-order valence-corrected chi connectivity index (χ3v) is 2.25. The molecule has 0 aromatic carbocycles. The molecule has 1 rings (SSSR count). The number of rotatable bonds is 1. The highest BCUT2D eigenvalue weighted by Crippen LogP contribution is 2.12. The van der Waals surface area contributed by atoms with Gasteiger partial charge in [0, 0.05) is 0 Å². The van der Waals surface area contributed by atoms with Crippen LogP contribution >= 0.6 is 12.2 Å². The number of nitrogens with one attached hydrogen (secondary N) is 1. The van der Waals surface area contributed by atoms with Crippen molar-refractivity contribution in [1.29, 1.82) is 0 Å². The van der Waals surface area contributed by atoms with Crippen molar-refractivity contribution < 1.29 is 0 Å². The minimum Gasteiger partial charge on any atom is -0.317 e. The van der Waals surface area contributed by atoms with E-state index in [-0.39, 0.29) is 0 Å². The van der Waals surface area contributed by atoms with Crippen LogP contribution in [0.5, 0.6) is 0 Å². The lowest BCUT2D eigenvalue weighted by Gasteiger charge is -2.21. The van der Waals surface area contributed by atoms with Crippen molar-refractivity contribution >= 4 is 17.1 Å². The lowest BCUT2D eigenvalue weighted by Crippen LogP contribution is -2.30. The first kappa shape index (κ1) is 7.16. The Kier molecular flexibility index (Phi) is 2.61. The molecule has 1 aliphatic rings. The number of thiocarbonyl (C=S) groups is 1. The van der Waals surface area contributed by atoms with Gasteiger partial charge in [0.1, 0.15) is 0 Å². The summed E-state index contributed by atoms with van der Waals surface area (Å²) >= 11 is 5.09. The van der Waals surface area contributed by atoms with Gasteiger partial charge in [-0.25, -0.2) is 0 Å². The van der Waals surface area contributed by atoms with Crippen LogP contribution in [-0.2, 0) is 0 Å². The van der Waals surface area contributed by atoms with E-state index in [9.17, 15) is 0 Å². The molecule has 0 radical (unpaired) electrons. The van der Waals surface area contributed by atoms with E-state index < -0.39 is 0 Å². The summed E-state index contributed by atoms with van der Waals surface area (Å²) in [6, 6.07) is 0. The Morgan fingerprint density at radius 1 is 1.44 bits per heavy atom. The van der Waals surface area contributed by atoms with Gasteiger partial charge in [-0.05, 0) is 43.6 Å². The Labute approximate surface area is 61.8 Å². The molecule has 1 heterocycles. The lowest BCUT2D eigenvalue weighted by atomic mass is 9.96. The molecule has 1 saturated heterocycles. The van der Waals surface area contributed by atoms with Crippen molar-refractivity contribution in [2.45, 2.75) is 19.8 Å². The molecule has 9 heavy (non-hydrogen) atoms. The lowest BCUT2D eigenvalue weighted by molar-refractivity contribution is 0.459. The molecule has 52 valence electrons. The second-order valence-electron chi connectivity index (χ2n) is 2.63. The molecule has 1 N–H and O–H groups in total. The van der Waals surface area contributed by atoms with Gasteiger partial charge in [-0.1, -0.05) is 12.2 Å². The molecule has 0 spiro atoms. The van der Waals surface area contributed by atoms with Gasteiger partial charge in [-0.15, -0.1) is 0 Å². The molecule has 2 heteroatoms. The maximum absolute atomic E-state index is 5.09. The van der Waals surface area contributed by atoms with Gasteiger partial charge in [0.05, 0.1) is 0 Å². The van der Waals surface area contributed by atoms with Crippen LogP contribution in [0, 0.1) is 5.92 Å². The molecule has 1 nitrogen and oxygen atoms in total. The fourth-order valence-corrected chi connectivity index (χ4v) is 1.46. The summed E-state index contributed by atoms with van der Waals surface area (Å²) in [4.78, 5) is 1.19. The fourth-order valence-electron chi connectivity index (χ4n) is 1.23. The second kappa shape index (κ2) is 3.28. The molecular formula is C7H13NS. The average Bonchev–Trinajstić information content (AvgIpc) is 1.90. The highest BCUT2D eigenvalue weighted by Gasteiger charge is 2.13. The van der Waals surface area contributed by atoms with E-state index >= 15 is 0 Å². The minimum atomic E-state index is 0.723. The quantitative estimate of drug-likeness (QED) is 0.556. The zero-order chi connectivity index (χ0) is 6.69. The normalized spacial score (nSPS) is 21.9. The van der Waals surface area contributed by atoms with E-state index in [1.165, 1.54) is 17.7 Å². The molecule has 0 saturated carbocycles. The number of hydrogen-bond acceptors (Lipinski definition) is 2. The molecular weight excluding hydrogens is 130 g/mol. The predicted molar refractivity (Wildman–Crippen MR) is 43.9 cm³/mol. The second-order valence-corrected chi connectivity index (χ2v) is 3.28. The first-order chi connectivity index (χ1) is 4.30. The molecule has 0 bridgehead atoms. The molecule has 0 aromatic heterocycles. The molecule has 1 aliphatic heterocycles. The van der Waals surface area contributed by atoms with Crippen LogP contribution in [-0.4, -0.2) is 18.0 Å². The molecule has 0 aromatic rings. The van der Waals surface area contributed by atoms with E-state index in [2.05, 4.69) is 12.2 Å². The Hall–Kier alpha value is 0.0500. The summed E-state index contributed by atoms with van der Waals surface area (Å²) in [7, 11) is 0. The van der Waals surface area contributed by atoms with Crippen LogP contribution in [0.1, 0.15) is 19.8 Å². The average molecular weight is 143 g/mol. The van der Waals surface area contributed by atoms with Crippen molar-refractivity contribution in [3.05, 3.63) is 0 Å². The third kappa shape index (κ3) is 2.03. The monoisotopic (exact) mass is 143 g/mol. The Morgan fingerprint density at radius 2 is 2.00 bits per heavy atom. The van der Waals surface area contributed by atoms with Gasteiger partial charge in [0.25, 0.3) is 0 Å². The largest absolute Gasteiger partial charge is 0.317 e. The number of piperidine rings is 1. The first-order valence-corrected chi connectivity index (χ1v) is 3.92. The Morgan fingerprint density at radius 3 is 2.33 bits per heavy atom. The molecule has 0 unspecified atom stereocenters. The zero-order valence-electron chi connectivity index (χ0n) is 5.81. The van der Waals surface area contributed by atoms with Crippen LogP contribution in [0.4, 0.5) is 0 Å². The summed E-state index contributed by atoms with van der Waals surface area (Å²) in [5, 5.41) is 3.31. The van der Waals surface area contributed by atoms with Crippen LogP contribution in [0.3, 0.4) is 0 Å². The fraction of sp³-hybridized carbons (Fsp3) is 0.857. The van der Waals surface area contributed by atoms with E-state index in [4.69, 9.17) is 12.2 Å². The van der Waals surface area contributed by atoms with Crippen LogP contribution in [0.25, 0.3) is 0 Å². The summed E-state index contributed by atoms with van der Waals surface area (Å²) in [6.07, 6.45) is 2.49. The topological polar surface area (TPSA) is 12.0 Å². The molecule has 1 fully saturated rings. The molecule has 0 amide bonds. The highest BCUT2D eigenvalue weighted by molar-refractivity contribution is 7.80.